The van der Waals surface area contributed by atoms with Crippen LogP contribution in [0.5, 0.6) is 5.75 Å². The van der Waals surface area contributed by atoms with Crippen LogP contribution in [0.25, 0.3) is 0 Å². The lowest BCUT2D eigenvalue weighted by Crippen LogP contribution is -2.13. The van der Waals surface area contributed by atoms with Gasteiger partial charge >= 0.3 is 0 Å². The molecule has 0 fully saturated rings. The molecular formula is C16H16BrNO2. The molecule has 0 atom stereocenters. The summed E-state index contributed by atoms with van der Waals surface area (Å²) >= 11 is 3.51. The van der Waals surface area contributed by atoms with Crippen LogP contribution in [-0.4, -0.2) is 13.0 Å². The lowest BCUT2D eigenvalue weighted by Gasteiger charge is -2.11. The second-order valence-electron chi connectivity index (χ2n) is 4.58. The molecule has 0 aliphatic heterocycles. The molecule has 0 spiro atoms. The fourth-order valence-corrected chi connectivity index (χ4v) is 2.28. The minimum atomic E-state index is -0.177. The molecule has 2 rings (SSSR count). The fraction of sp³-hybridized carbons (Fsp3) is 0.188. The molecule has 0 aliphatic carbocycles. The molecule has 0 radical (unpaired) electrons. The molecule has 0 saturated heterocycles. The van der Waals surface area contributed by atoms with Gasteiger partial charge in [-0.3, -0.25) is 4.79 Å². The molecule has 0 bridgehead atoms. The van der Waals surface area contributed by atoms with Gasteiger partial charge in [0.1, 0.15) is 5.75 Å². The highest BCUT2D eigenvalue weighted by Crippen LogP contribution is 2.26. The van der Waals surface area contributed by atoms with E-state index in [1.807, 2.05) is 38.1 Å². The van der Waals surface area contributed by atoms with Gasteiger partial charge in [-0.25, -0.2) is 0 Å². The van der Waals surface area contributed by atoms with Crippen LogP contribution < -0.4 is 10.1 Å². The average Bonchev–Trinajstić information content (AvgIpc) is 2.44. The molecule has 2 aromatic carbocycles. The van der Waals surface area contributed by atoms with Gasteiger partial charge in [-0.05, 0) is 49.2 Å². The Hall–Kier alpha value is -1.81. The summed E-state index contributed by atoms with van der Waals surface area (Å²) in [5.74, 6) is 0.388. The maximum Gasteiger partial charge on any atom is 0.259 e. The average molecular weight is 334 g/mol. The molecule has 20 heavy (non-hydrogen) atoms. The number of rotatable bonds is 3. The number of hydrogen-bond donors (Lipinski definition) is 1. The zero-order chi connectivity index (χ0) is 14.7. The predicted molar refractivity (Wildman–Crippen MR) is 84.6 cm³/mol. The van der Waals surface area contributed by atoms with E-state index in [1.54, 1.807) is 19.2 Å². The van der Waals surface area contributed by atoms with E-state index in [1.165, 1.54) is 0 Å². The van der Waals surface area contributed by atoms with Crippen molar-refractivity contribution in [2.45, 2.75) is 13.8 Å². The molecule has 0 aliphatic rings. The smallest absolute Gasteiger partial charge is 0.259 e. The van der Waals surface area contributed by atoms with Crippen molar-refractivity contribution >= 4 is 27.5 Å². The highest BCUT2D eigenvalue weighted by molar-refractivity contribution is 9.10. The first-order chi connectivity index (χ1) is 9.52. The topological polar surface area (TPSA) is 38.3 Å². The Bertz CT molecular complexity index is 630. The summed E-state index contributed by atoms with van der Waals surface area (Å²) in [7, 11) is 1.56. The van der Waals surface area contributed by atoms with E-state index in [0.717, 1.165) is 21.3 Å². The van der Waals surface area contributed by atoms with Crippen molar-refractivity contribution in [2.75, 3.05) is 12.4 Å². The van der Waals surface area contributed by atoms with Crippen molar-refractivity contribution < 1.29 is 9.53 Å². The second-order valence-corrected chi connectivity index (χ2v) is 5.37. The van der Waals surface area contributed by atoms with Crippen molar-refractivity contribution in [3.05, 3.63) is 57.6 Å². The minimum Gasteiger partial charge on any atom is -0.496 e. The van der Waals surface area contributed by atoms with Crippen molar-refractivity contribution in [1.82, 2.24) is 0 Å². The highest BCUT2D eigenvalue weighted by atomic mass is 79.9. The van der Waals surface area contributed by atoms with Gasteiger partial charge in [0.25, 0.3) is 5.91 Å². The second kappa shape index (κ2) is 6.09. The molecule has 3 nitrogen and oxygen atoms in total. The number of benzene rings is 2. The SMILES string of the molecule is COc1ccccc1C(=O)Nc1cc(C)c(Br)c(C)c1. The first kappa shape index (κ1) is 14.6. The molecule has 1 N–H and O–H groups in total. The maximum absolute atomic E-state index is 12.3. The number of anilines is 1. The Kier molecular flexibility index (Phi) is 4.45. The number of methoxy groups -OCH3 is 1. The van der Waals surface area contributed by atoms with Crippen LogP contribution in [-0.2, 0) is 0 Å². The number of amides is 1. The van der Waals surface area contributed by atoms with Gasteiger partial charge in [0.15, 0.2) is 0 Å². The predicted octanol–water partition coefficient (Wildman–Crippen LogP) is 4.33. The normalized spacial score (nSPS) is 10.2. The molecule has 4 heteroatoms. The number of aryl methyl sites for hydroxylation is 2. The summed E-state index contributed by atoms with van der Waals surface area (Å²) < 4.78 is 6.27. The zero-order valence-corrected chi connectivity index (χ0v) is 13.2. The van der Waals surface area contributed by atoms with Crippen LogP contribution in [0.4, 0.5) is 5.69 Å². The van der Waals surface area contributed by atoms with Crippen molar-refractivity contribution in [2.24, 2.45) is 0 Å². The zero-order valence-electron chi connectivity index (χ0n) is 11.7. The number of para-hydroxylation sites is 1. The molecule has 1 amide bonds. The minimum absolute atomic E-state index is 0.177. The monoisotopic (exact) mass is 333 g/mol. The summed E-state index contributed by atoms with van der Waals surface area (Å²) in [6.45, 7) is 3.99. The van der Waals surface area contributed by atoms with Crippen molar-refractivity contribution in [1.29, 1.82) is 0 Å². The third-order valence-electron chi connectivity index (χ3n) is 3.05. The van der Waals surface area contributed by atoms with E-state index in [9.17, 15) is 4.79 Å². The van der Waals surface area contributed by atoms with Gasteiger partial charge in [0.2, 0.25) is 0 Å². The van der Waals surface area contributed by atoms with Crippen LogP contribution in [0.3, 0.4) is 0 Å². The number of nitrogens with one attached hydrogen (secondary N) is 1. The summed E-state index contributed by atoms with van der Waals surface area (Å²) in [5.41, 5.74) is 3.47. The Labute approximate surface area is 127 Å². The molecule has 0 aromatic heterocycles. The van der Waals surface area contributed by atoms with Crippen LogP contribution in [0, 0.1) is 13.8 Å². The summed E-state index contributed by atoms with van der Waals surface area (Å²) in [4.78, 5) is 12.3. The Balaban J connectivity index is 2.28. The van der Waals surface area contributed by atoms with Crippen molar-refractivity contribution in [3.8, 4) is 5.75 Å². The first-order valence-electron chi connectivity index (χ1n) is 6.24. The lowest BCUT2D eigenvalue weighted by molar-refractivity contribution is 0.102. The van der Waals surface area contributed by atoms with E-state index in [4.69, 9.17) is 4.74 Å². The Morgan fingerprint density at radius 2 is 1.75 bits per heavy atom. The van der Waals surface area contributed by atoms with E-state index in [2.05, 4.69) is 21.2 Å². The van der Waals surface area contributed by atoms with Crippen molar-refractivity contribution in [3.63, 3.8) is 0 Å². The standard InChI is InChI=1S/C16H16BrNO2/c1-10-8-12(9-11(2)15(10)17)18-16(19)13-6-4-5-7-14(13)20-3/h4-9H,1-3H3,(H,18,19). The van der Waals surface area contributed by atoms with Gasteiger partial charge in [-0.2, -0.15) is 0 Å². The van der Waals surface area contributed by atoms with E-state index >= 15 is 0 Å². The maximum atomic E-state index is 12.3. The number of carbonyl (C=O) groups excluding carboxylic acids is 1. The number of halogens is 1. The van der Waals surface area contributed by atoms with E-state index in [-0.39, 0.29) is 5.91 Å². The third kappa shape index (κ3) is 3.02. The summed E-state index contributed by atoms with van der Waals surface area (Å²) in [6.07, 6.45) is 0. The molecule has 104 valence electrons. The van der Waals surface area contributed by atoms with E-state index < -0.39 is 0 Å². The largest absolute Gasteiger partial charge is 0.496 e. The number of hydrogen-bond acceptors (Lipinski definition) is 2. The number of ether oxygens (including phenoxy) is 1. The molecule has 0 unspecified atom stereocenters. The van der Waals surface area contributed by atoms with Gasteiger partial charge in [0, 0.05) is 10.2 Å². The van der Waals surface area contributed by atoms with Gasteiger partial charge in [0.05, 0.1) is 12.7 Å². The van der Waals surface area contributed by atoms with Crippen LogP contribution in [0.2, 0.25) is 0 Å². The molecule has 2 aromatic rings. The fourth-order valence-electron chi connectivity index (χ4n) is 2.05. The Morgan fingerprint density at radius 1 is 1.15 bits per heavy atom. The quantitative estimate of drug-likeness (QED) is 0.907. The molecular weight excluding hydrogens is 318 g/mol. The molecule has 0 heterocycles. The van der Waals surface area contributed by atoms with Gasteiger partial charge < -0.3 is 10.1 Å². The summed E-state index contributed by atoms with van der Waals surface area (Å²) in [5, 5.41) is 2.90. The van der Waals surface area contributed by atoms with Crippen LogP contribution in [0.1, 0.15) is 21.5 Å². The summed E-state index contributed by atoms with van der Waals surface area (Å²) in [6, 6.07) is 11.0. The van der Waals surface area contributed by atoms with E-state index in [0.29, 0.717) is 11.3 Å². The van der Waals surface area contributed by atoms with Crippen LogP contribution >= 0.6 is 15.9 Å². The Morgan fingerprint density at radius 3 is 2.35 bits per heavy atom. The first-order valence-corrected chi connectivity index (χ1v) is 7.03. The third-order valence-corrected chi connectivity index (χ3v) is 4.30. The lowest BCUT2D eigenvalue weighted by atomic mass is 10.1. The van der Waals surface area contributed by atoms with Crippen LogP contribution in [0.15, 0.2) is 40.9 Å². The highest BCUT2D eigenvalue weighted by Gasteiger charge is 2.12. The van der Waals surface area contributed by atoms with Gasteiger partial charge in [-0.15, -0.1) is 0 Å². The van der Waals surface area contributed by atoms with Gasteiger partial charge in [-0.1, -0.05) is 28.1 Å². The molecule has 0 saturated carbocycles. The number of carbonyl (C=O) groups is 1.